The fraction of sp³-hybridized carbons (Fsp3) is 0.414. The van der Waals surface area contributed by atoms with Crippen LogP contribution in [-0.4, -0.2) is 37.6 Å². The molecule has 2 unspecified atom stereocenters. The number of likely N-dealkylation sites (tertiary alicyclic amines) is 1. The molecular formula is C29H33F6N5O. The molecule has 12 heteroatoms. The number of hydrogen-bond acceptors (Lipinski definition) is 5. The van der Waals surface area contributed by atoms with Crippen LogP contribution >= 0.6 is 0 Å². The van der Waals surface area contributed by atoms with Gasteiger partial charge in [-0.3, -0.25) is 4.90 Å². The van der Waals surface area contributed by atoms with Crippen molar-refractivity contribution in [2.45, 2.75) is 71.9 Å². The summed E-state index contributed by atoms with van der Waals surface area (Å²) in [5, 5.41) is 3.95. The molecular weight excluding hydrogens is 548 g/mol. The summed E-state index contributed by atoms with van der Waals surface area (Å²) in [5.74, 6) is 1.32. The highest BCUT2D eigenvalue weighted by Gasteiger charge is 2.32. The Bertz CT molecular complexity index is 1390. The van der Waals surface area contributed by atoms with Crippen LogP contribution < -0.4 is 0 Å². The van der Waals surface area contributed by atoms with Crippen molar-refractivity contribution in [3.05, 3.63) is 77.5 Å². The zero-order chi connectivity index (χ0) is 29.1. The molecule has 0 amide bonds. The van der Waals surface area contributed by atoms with Crippen molar-refractivity contribution in [1.29, 1.82) is 0 Å². The van der Waals surface area contributed by atoms with Gasteiger partial charge in [0.25, 0.3) is 5.89 Å². The van der Waals surface area contributed by atoms with Gasteiger partial charge in [0.15, 0.2) is 5.82 Å². The Morgan fingerprint density at radius 3 is 2.27 bits per heavy atom. The van der Waals surface area contributed by atoms with Crippen LogP contribution in [0.1, 0.15) is 69.7 Å². The first-order valence-electron chi connectivity index (χ1n) is 12.9. The maximum absolute atomic E-state index is 13.0. The maximum Gasteiger partial charge on any atom is 0.416 e. The zero-order valence-corrected chi connectivity index (χ0v) is 22.1. The molecule has 2 atom stereocenters. The molecule has 0 saturated carbocycles. The lowest BCUT2D eigenvalue weighted by molar-refractivity contribution is -0.138. The number of alkyl halides is 6. The molecule has 1 N–H and O–H groups in total. The number of aromatic amines is 1. The van der Waals surface area contributed by atoms with Gasteiger partial charge in [0, 0.05) is 17.5 Å². The number of piperidine rings is 1. The van der Waals surface area contributed by atoms with E-state index in [0.29, 0.717) is 30.2 Å². The van der Waals surface area contributed by atoms with E-state index in [4.69, 9.17) is 4.52 Å². The zero-order valence-electron chi connectivity index (χ0n) is 22.1. The highest BCUT2D eigenvalue weighted by Crippen LogP contribution is 2.34. The molecule has 2 aromatic carbocycles. The summed E-state index contributed by atoms with van der Waals surface area (Å²) in [4.78, 5) is 14.2. The average Bonchev–Trinajstić information content (AvgIpc) is 3.61. The molecule has 1 saturated heterocycles. The summed E-state index contributed by atoms with van der Waals surface area (Å²) in [6, 6.07) is 9.82. The molecule has 3 heterocycles. The molecule has 6 nitrogen and oxygen atoms in total. The van der Waals surface area contributed by atoms with Gasteiger partial charge in [0.2, 0.25) is 0 Å². The lowest BCUT2D eigenvalue weighted by atomic mass is 9.91. The number of H-pyrrole nitrogens is 1. The monoisotopic (exact) mass is 581 g/mol. The maximum atomic E-state index is 13.0. The molecule has 1 fully saturated rings. The Labute approximate surface area is 234 Å². The first-order valence-corrected chi connectivity index (χ1v) is 12.9. The molecule has 0 bridgehead atoms. The largest absolute Gasteiger partial charge is 0.416 e. The van der Waals surface area contributed by atoms with Crippen LogP contribution in [-0.2, 0) is 18.9 Å². The molecule has 2 aromatic heterocycles. The second kappa shape index (κ2) is 12.9. The number of aromatic nitrogens is 4. The molecule has 222 valence electrons. The van der Waals surface area contributed by atoms with Crippen molar-refractivity contribution < 1.29 is 30.9 Å². The SMILES string of the molecule is C.CC.CC1CC(c2ncc(-c3ccc(C(F)(F)F)cc3)[nH]2)CCN1Cc1noc(-c2cccc(C(F)(F)F)c2)n1. The number of halogens is 6. The third-order valence-electron chi connectivity index (χ3n) is 6.77. The number of nitrogens with zero attached hydrogens (tertiary/aromatic N) is 4. The lowest BCUT2D eigenvalue weighted by Gasteiger charge is -2.36. The number of rotatable bonds is 5. The van der Waals surface area contributed by atoms with E-state index in [1.165, 1.54) is 24.3 Å². The Hall–Kier alpha value is -3.67. The summed E-state index contributed by atoms with van der Waals surface area (Å²) in [5.41, 5.74) is -0.0174. The summed E-state index contributed by atoms with van der Waals surface area (Å²) in [6.07, 6.45) is -5.67. The van der Waals surface area contributed by atoms with Gasteiger partial charge in [-0.15, -0.1) is 0 Å². The number of benzene rings is 2. The van der Waals surface area contributed by atoms with Crippen LogP contribution in [0.3, 0.4) is 0 Å². The van der Waals surface area contributed by atoms with Gasteiger partial charge in [-0.05, 0) is 62.2 Å². The third-order valence-corrected chi connectivity index (χ3v) is 6.77. The summed E-state index contributed by atoms with van der Waals surface area (Å²) >= 11 is 0. The molecule has 0 radical (unpaired) electrons. The van der Waals surface area contributed by atoms with Gasteiger partial charge < -0.3 is 9.51 Å². The van der Waals surface area contributed by atoms with Gasteiger partial charge in [-0.2, -0.15) is 31.3 Å². The Kier molecular flexibility index (Phi) is 10.0. The van der Waals surface area contributed by atoms with Crippen molar-refractivity contribution in [1.82, 2.24) is 25.0 Å². The first kappa shape index (κ1) is 31.9. The minimum absolute atomic E-state index is 0. The van der Waals surface area contributed by atoms with Crippen molar-refractivity contribution in [3.8, 4) is 22.7 Å². The predicted molar refractivity (Wildman–Crippen MR) is 144 cm³/mol. The number of hydrogen-bond donors (Lipinski definition) is 1. The molecule has 1 aliphatic rings. The minimum atomic E-state index is -4.47. The van der Waals surface area contributed by atoms with Crippen molar-refractivity contribution >= 4 is 0 Å². The van der Waals surface area contributed by atoms with Crippen molar-refractivity contribution in [2.75, 3.05) is 6.54 Å². The van der Waals surface area contributed by atoms with Gasteiger partial charge in [0.1, 0.15) is 5.82 Å². The van der Waals surface area contributed by atoms with Crippen LogP contribution in [0.5, 0.6) is 0 Å². The quantitative estimate of drug-likeness (QED) is 0.239. The number of nitrogens with one attached hydrogen (secondary N) is 1. The Morgan fingerprint density at radius 1 is 0.951 bits per heavy atom. The summed E-state index contributed by atoms with van der Waals surface area (Å²) in [7, 11) is 0. The molecule has 1 aliphatic heterocycles. The predicted octanol–water partition coefficient (Wildman–Crippen LogP) is 8.59. The van der Waals surface area contributed by atoms with Gasteiger partial charge in [-0.25, -0.2) is 4.98 Å². The van der Waals surface area contributed by atoms with Crippen LogP contribution in [0.4, 0.5) is 26.3 Å². The average molecular weight is 582 g/mol. The minimum Gasteiger partial charge on any atom is -0.342 e. The van der Waals surface area contributed by atoms with E-state index in [0.717, 1.165) is 42.9 Å². The first-order chi connectivity index (χ1) is 19.0. The standard InChI is InChI=1S/C26H23F6N5O.C2H6.CH4/c1-15-11-17(23-33-13-21(34-23)16-5-7-19(8-6-16)25(27,28)29)9-10-37(15)14-22-35-24(38-36-22)18-3-2-4-20(12-18)26(30,31)32;1-2;/h2-8,12-13,15,17H,9-11,14H2,1H3,(H,33,34);1-2H3;1H4. The van der Waals surface area contributed by atoms with E-state index < -0.39 is 23.5 Å². The third kappa shape index (κ3) is 7.55. The Balaban J connectivity index is 0.00000151. The van der Waals surface area contributed by atoms with Crippen molar-refractivity contribution in [2.24, 2.45) is 0 Å². The Morgan fingerprint density at radius 2 is 1.63 bits per heavy atom. The summed E-state index contributed by atoms with van der Waals surface area (Å²) < 4.78 is 82.8. The van der Waals surface area contributed by atoms with E-state index >= 15 is 0 Å². The van der Waals surface area contributed by atoms with Gasteiger partial charge in [-0.1, -0.05) is 44.6 Å². The van der Waals surface area contributed by atoms with Gasteiger partial charge >= 0.3 is 12.4 Å². The van der Waals surface area contributed by atoms with Crippen LogP contribution in [0, 0.1) is 0 Å². The van der Waals surface area contributed by atoms with E-state index in [-0.39, 0.29) is 30.8 Å². The smallest absolute Gasteiger partial charge is 0.342 e. The van der Waals surface area contributed by atoms with E-state index in [1.807, 2.05) is 13.8 Å². The molecule has 5 rings (SSSR count). The second-order valence-corrected chi connectivity index (χ2v) is 9.39. The fourth-order valence-electron chi connectivity index (χ4n) is 4.68. The molecule has 41 heavy (non-hydrogen) atoms. The van der Waals surface area contributed by atoms with E-state index in [2.05, 4.69) is 31.9 Å². The fourth-order valence-corrected chi connectivity index (χ4v) is 4.68. The molecule has 0 spiro atoms. The van der Waals surface area contributed by atoms with Crippen LogP contribution in [0.2, 0.25) is 0 Å². The molecule has 4 aromatic rings. The topological polar surface area (TPSA) is 70.8 Å². The van der Waals surface area contributed by atoms with Crippen LogP contribution in [0.25, 0.3) is 22.7 Å². The normalized spacial score (nSPS) is 17.9. The lowest BCUT2D eigenvalue weighted by Crippen LogP contribution is -2.40. The van der Waals surface area contributed by atoms with Crippen LogP contribution in [0.15, 0.2) is 59.3 Å². The molecule has 0 aliphatic carbocycles. The number of imidazole rings is 1. The van der Waals surface area contributed by atoms with Gasteiger partial charge in [0.05, 0.1) is 29.6 Å². The van der Waals surface area contributed by atoms with Crippen molar-refractivity contribution in [3.63, 3.8) is 0 Å². The highest BCUT2D eigenvalue weighted by atomic mass is 19.4. The van der Waals surface area contributed by atoms with E-state index in [1.54, 1.807) is 6.20 Å². The summed E-state index contributed by atoms with van der Waals surface area (Å²) in [6.45, 7) is 7.14. The highest BCUT2D eigenvalue weighted by molar-refractivity contribution is 5.59. The van der Waals surface area contributed by atoms with E-state index in [9.17, 15) is 26.3 Å². The second-order valence-electron chi connectivity index (χ2n) is 9.39.